The van der Waals surface area contributed by atoms with Crippen LogP contribution in [0.3, 0.4) is 0 Å². The fourth-order valence-electron chi connectivity index (χ4n) is 0.892. The van der Waals surface area contributed by atoms with Crippen molar-refractivity contribution in [3.8, 4) is 0 Å². The number of hydrogen-bond donors (Lipinski definition) is 0. The number of alkyl halides is 11. The Morgan fingerprint density at radius 1 is 0.750 bits per heavy atom. The van der Waals surface area contributed by atoms with E-state index in [0.29, 0.717) is 5.16 Å². The van der Waals surface area contributed by atoms with Gasteiger partial charge in [-0.1, -0.05) is 0 Å². The Bertz CT molecular complexity index is 429. The van der Waals surface area contributed by atoms with Gasteiger partial charge in [0.05, 0.1) is 5.16 Å². The summed E-state index contributed by atoms with van der Waals surface area (Å²) < 4.78 is 134. The first-order chi connectivity index (χ1) is 8.56. The van der Waals surface area contributed by atoms with E-state index in [1.807, 2.05) is 0 Å². The van der Waals surface area contributed by atoms with Crippen LogP contribution in [-0.2, 0) is 0 Å². The number of hydrogen-bond acceptors (Lipinski definition) is 2. The summed E-state index contributed by atoms with van der Waals surface area (Å²) >= 11 is 3.50. The number of halogens is 11. The van der Waals surface area contributed by atoms with Gasteiger partial charge in [0.2, 0.25) is 0 Å². The summed E-state index contributed by atoms with van der Waals surface area (Å²) in [7, 11) is 0. The highest BCUT2D eigenvalue weighted by molar-refractivity contribution is 7.78. The lowest BCUT2D eigenvalue weighted by molar-refractivity contribution is -0.268. The quantitative estimate of drug-likeness (QED) is 0.405. The third-order valence-electron chi connectivity index (χ3n) is 1.61. The molecule has 0 aliphatic carbocycles. The van der Waals surface area contributed by atoms with Crippen LogP contribution in [0.15, 0.2) is 16.3 Å². The lowest BCUT2D eigenvalue weighted by Gasteiger charge is -2.24. The van der Waals surface area contributed by atoms with E-state index in [1.54, 1.807) is 4.99 Å². The Balaban J connectivity index is 6.66. The van der Waals surface area contributed by atoms with Gasteiger partial charge in [-0.3, -0.25) is 0 Å². The van der Waals surface area contributed by atoms with E-state index in [2.05, 4.69) is 12.2 Å². The maximum atomic E-state index is 12.7. The van der Waals surface area contributed by atoms with Crippen molar-refractivity contribution in [1.29, 1.82) is 0 Å². The van der Waals surface area contributed by atoms with E-state index >= 15 is 0 Å². The van der Waals surface area contributed by atoms with Gasteiger partial charge < -0.3 is 0 Å². The van der Waals surface area contributed by atoms with Crippen LogP contribution in [0.5, 0.6) is 0 Å². The van der Waals surface area contributed by atoms with Gasteiger partial charge in [0.25, 0.3) is 0 Å². The van der Waals surface area contributed by atoms with Crippen molar-refractivity contribution in [1.82, 2.24) is 0 Å². The number of isothiocyanates is 1. The fraction of sp³-hybridized carbons (Fsp3) is 0.571. The van der Waals surface area contributed by atoms with E-state index in [1.165, 1.54) is 0 Å². The second-order valence-corrected chi connectivity index (χ2v) is 3.18. The van der Waals surface area contributed by atoms with Crippen LogP contribution < -0.4 is 0 Å². The largest absolute Gasteiger partial charge is 0.459 e. The molecule has 0 spiro atoms. The summed E-state index contributed by atoms with van der Waals surface area (Å²) in [5.41, 5.74) is -7.72. The van der Waals surface area contributed by atoms with Gasteiger partial charge in [0, 0.05) is 0 Å². The van der Waals surface area contributed by atoms with Crippen LogP contribution in [0.25, 0.3) is 0 Å². The van der Waals surface area contributed by atoms with Gasteiger partial charge >= 0.3 is 24.5 Å². The predicted molar refractivity (Wildman–Crippen MR) is 45.2 cm³/mol. The van der Waals surface area contributed by atoms with Crippen LogP contribution >= 0.6 is 12.2 Å². The van der Waals surface area contributed by atoms with Gasteiger partial charge in [-0.2, -0.15) is 53.3 Å². The number of rotatable bonds is 2. The summed E-state index contributed by atoms with van der Waals surface area (Å²) in [6, 6.07) is 0. The summed E-state index contributed by atoms with van der Waals surface area (Å²) in [5.74, 6) is -6.51. The van der Waals surface area contributed by atoms with E-state index in [4.69, 9.17) is 0 Å². The van der Waals surface area contributed by atoms with Crippen molar-refractivity contribution in [2.24, 2.45) is 4.99 Å². The second kappa shape index (κ2) is 5.28. The molecule has 0 aliphatic rings. The molecule has 0 bridgehead atoms. The molecular formula is C7F11NS. The molecule has 0 aliphatic heterocycles. The minimum atomic E-state index is -6.74. The van der Waals surface area contributed by atoms with E-state index < -0.39 is 35.7 Å². The Morgan fingerprint density at radius 3 is 1.30 bits per heavy atom. The fourth-order valence-corrected chi connectivity index (χ4v) is 0.984. The molecular weight excluding hydrogens is 339 g/mol. The molecule has 0 unspecified atom stereocenters. The van der Waals surface area contributed by atoms with Gasteiger partial charge in [0.1, 0.15) is 5.70 Å². The first kappa shape index (κ1) is 18.8. The van der Waals surface area contributed by atoms with Crippen molar-refractivity contribution in [2.75, 3.05) is 0 Å². The maximum absolute atomic E-state index is 12.7. The molecule has 0 fully saturated rings. The molecule has 1 nitrogen and oxygen atoms in total. The number of aliphatic imine (C=N–C) groups is 1. The predicted octanol–water partition coefficient (Wildman–Crippen LogP) is 4.67. The Morgan fingerprint density at radius 2 is 1.10 bits per heavy atom. The molecule has 0 aromatic heterocycles. The zero-order valence-electron chi connectivity index (χ0n) is 8.51. The lowest BCUT2D eigenvalue weighted by atomic mass is 10.1. The van der Waals surface area contributed by atoms with Gasteiger partial charge in [0.15, 0.2) is 5.57 Å². The Labute approximate surface area is 107 Å². The number of allylic oxidation sites excluding steroid dienone is 2. The van der Waals surface area contributed by atoms with Crippen molar-refractivity contribution in [3.63, 3.8) is 0 Å². The standard InChI is InChI=1S/C7F11NS/c8-4(9,7(16,17)18)3(19-1-20)2(5(10,11)12)6(13,14)15. The molecule has 13 heteroatoms. The molecule has 0 heterocycles. The van der Waals surface area contributed by atoms with Crippen molar-refractivity contribution in [2.45, 2.75) is 24.5 Å². The van der Waals surface area contributed by atoms with Crippen LogP contribution in [0, 0.1) is 0 Å². The van der Waals surface area contributed by atoms with Gasteiger partial charge in [-0.05, 0) is 12.2 Å². The summed E-state index contributed by atoms with van der Waals surface area (Å²) in [6.07, 6.45) is -19.9. The average Bonchev–Trinajstić information content (AvgIpc) is 2.10. The zero-order chi connectivity index (χ0) is 16.6. The molecule has 0 N–H and O–H groups in total. The van der Waals surface area contributed by atoms with Gasteiger partial charge in [-0.15, -0.1) is 0 Å². The highest BCUT2D eigenvalue weighted by Crippen LogP contribution is 2.49. The molecule has 0 aromatic rings. The monoisotopic (exact) mass is 339 g/mol. The summed E-state index contributed by atoms with van der Waals surface area (Å²) in [6.45, 7) is 0. The first-order valence-electron chi connectivity index (χ1n) is 3.98. The van der Waals surface area contributed by atoms with E-state index in [9.17, 15) is 48.3 Å². The number of thiocarbonyl (C=S) groups is 1. The molecule has 0 rings (SSSR count). The van der Waals surface area contributed by atoms with E-state index in [0.717, 1.165) is 0 Å². The third-order valence-corrected chi connectivity index (χ3v) is 1.71. The van der Waals surface area contributed by atoms with Crippen LogP contribution in [0.4, 0.5) is 48.3 Å². The molecule has 0 amide bonds. The lowest BCUT2D eigenvalue weighted by Crippen LogP contribution is -2.42. The van der Waals surface area contributed by atoms with Crippen LogP contribution in [0.2, 0.25) is 0 Å². The maximum Gasteiger partial charge on any atom is 0.459 e. The smallest absolute Gasteiger partial charge is 0.192 e. The van der Waals surface area contributed by atoms with Crippen molar-refractivity contribution in [3.05, 3.63) is 11.3 Å². The summed E-state index contributed by atoms with van der Waals surface area (Å²) in [5, 5.41) is 0.641. The zero-order valence-corrected chi connectivity index (χ0v) is 9.33. The van der Waals surface area contributed by atoms with Crippen molar-refractivity contribution >= 4 is 17.4 Å². The van der Waals surface area contributed by atoms with Gasteiger partial charge in [-0.25, -0.2) is 0 Å². The normalized spacial score (nSPS) is 13.8. The average molecular weight is 339 g/mol. The SMILES string of the molecule is FC(F)(F)C(=C(N=C=S)C(F)(F)C(F)(F)F)C(F)(F)F. The molecule has 0 saturated carbocycles. The third kappa shape index (κ3) is 3.88. The molecule has 20 heavy (non-hydrogen) atoms. The van der Waals surface area contributed by atoms with Crippen LogP contribution in [0.1, 0.15) is 0 Å². The molecule has 0 saturated heterocycles. The highest BCUT2D eigenvalue weighted by Gasteiger charge is 2.66. The minimum Gasteiger partial charge on any atom is -0.192 e. The number of nitrogens with zero attached hydrogens (tertiary/aromatic N) is 1. The topological polar surface area (TPSA) is 12.4 Å². The Hall–Kier alpha value is -1.23. The minimum absolute atomic E-state index is 0.641. The second-order valence-electron chi connectivity index (χ2n) is 2.99. The highest BCUT2D eigenvalue weighted by atomic mass is 32.1. The molecule has 116 valence electrons. The Kier molecular flexibility index (Phi) is 4.95. The molecule has 0 aromatic carbocycles. The molecule has 0 radical (unpaired) electrons. The van der Waals surface area contributed by atoms with Crippen molar-refractivity contribution < 1.29 is 48.3 Å². The summed E-state index contributed by atoms with van der Waals surface area (Å²) in [4.78, 5) is 1.63. The van der Waals surface area contributed by atoms with E-state index in [-0.39, 0.29) is 0 Å². The first-order valence-corrected chi connectivity index (χ1v) is 4.39. The van der Waals surface area contributed by atoms with Crippen LogP contribution in [-0.4, -0.2) is 29.6 Å². The molecule has 0 atom stereocenters.